The van der Waals surface area contributed by atoms with Gasteiger partial charge in [-0.2, -0.15) is 0 Å². The summed E-state index contributed by atoms with van der Waals surface area (Å²) in [5.74, 6) is 0. The highest BCUT2D eigenvalue weighted by atomic mass is 31.0. The Morgan fingerprint density at radius 2 is 1.82 bits per heavy atom. The van der Waals surface area contributed by atoms with Gasteiger partial charge in [-0.25, -0.2) is 0 Å². The van der Waals surface area contributed by atoms with Crippen LogP contribution in [0.4, 0.5) is 0 Å². The Kier molecular flexibility index (Phi) is 2.82. The van der Waals surface area contributed by atoms with Crippen LogP contribution in [-0.4, -0.2) is 4.98 Å². The van der Waals surface area contributed by atoms with Crippen LogP contribution in [0.5, 0.6) is 0 Å². The summed E-state index contributed by atoms with van der Waals surface area (Å²) in [6, 6.07) is 10.3. The third-order valence-corrected chi connectivity index (χ3v) is 1.46. The standard InChI is InChI=1S/C8H7N.HOP/c1-2-4-8-7(3-1)5-6-9-8;1-2/h1-6,9H;2H. The molecular weight excluding hydrogens is 157 g/mol. The van der Waals surface area contributed by atoms with Crippen molar-refractivity contribution in [2.75, 3.05) is 0 Å². The number of hydrogen-bond acceptors (Lipinski definition) is 1. The summed E-state index contributed by atoms with van der Waals surface area (Å²) in [6.07, 6.45) is 1.95. The Morgan fingerprint density at radius 3 is 2.55 bits per heavy atom. The first-order valence-electron chi connectivity index (χ1n) is 3.19. The predicted octanol–water partition coefficient (Wildman–Crippen LogP) is 2.64. The summed E-state index contributed by atoms with van der Waals surface area (Å²) in [5, 5.41) is 1.28. The number of benzene rings is 1. The molecule has 56 valence electrons. The normalized spacial score (nSPS) is 8.73. The predicted molar refractivity (Wildman–Crippen MR) is 47.3 cm³/mol. The lowest BCUT2D eigenvalue weighted by Gasteiger charge is -1.83. The van der Waals surface area contributed by atoms with Gasteiger partial charge in [-0.1, -0.05) is 18.2 Å². The van der Waals surface area contributed by atoms with Crippen molar-refractivity contribution in [3.63, 3.8) is 0 Å². The molecule has 0 fully saturated rings. The maximum absolute atomic E-state index is 8.06. The number of fused-ring (bicyclic) bond motifs is 1. The third-order valence-electron chi connectivity index (χ3n) is 1.46. The largest absolute Gasteiger partial charge is 0.361 e. The van der Waals surface area contributed by atoms with Crippen LogP contribution in [0.15, 0.2) is 36.5 Å². The van der Waals surface area contributed by atoms with Crippen LogP contribution < -0.4 is 0 Å². The van der Waals surface area contributed by atoms with Crippen LogP contribution in [0.3, 0.4) is 0 Å². The second-order valence-corrected chi connectivity index (χ2v) is 2.06. The minimum Gasteiger partial charge on any atom is -0.361 e. The number of hydrogen-bond donors (Lipinski definition) is 1. The molecule has 2 aromatic rings. The summed E-state index contributed by atoms with van der Waals surface area (Å²) in [6.45, 7) is 0. The highest BCUT2D eigenvalue weighted by Gasteiger charge is 1.86. The summed E-state index contributed by atoms with van der Waals surface area (Å²) >= 11 is 0. The molecule has 0 atom stereocenters. The molecule has 1 N–H and O–H groups in total. The number of rotatable bonds is 0. The number of para-hydroxylation sites is 1. The fourth-order valence-corrected chi connectivity index (χ4v) is 0.995. The van der Waals surface area contributed by atoms with Crippen molar-refractivity contribution < 1.29 is 4.57 Å². The van der Waals surface area contributed by atoms with Crippen molar-refractivity contribution in [1.82, 2.24) is 4.98 Å². The van der Waals surface area contributed by atoms with E-state index in [0.29, 0.717) is 0 Å². The second-order valence-electron chi connectivity index (χ2n) is 2.06. The van der Waals surface area contributed by atoms with Crippen LogP contribution in [0.1, 0.15) is 0 Å². The Hall–Kier alpha value is -1.14. The van der Waals surface area contributed by atoms with E-state index in [1.807, 2.05) is 18.3 Å². The molecule has 2 nitrogen and oxygen atoms in total. The molecule has 0 radical (unpaired) electrons. The molecule has 0 aliphatic heterocycles. The van der Waals surface area contributed by atoms with Crippen molar-refractivity contribution in [1.29, 1.82) is 0 Å². The van der Waals surface area contributed by atoms with Gasteiger partial charge in [0.15, 0.2) is 0 Å². The molecule has 0 saturated heterocycles. The molecule has 3 heteroatoms. The number of aromatic nitrogens is 1. The van der Waals surface area contributed by atoms with E-state index >= 15 is 0 Å². The quantitative estimate of drug-likeness (QED) is 0.598. The first-order valence-corrected chi connectivity index (χ1v) is 3.60. The third kappa shape index (κ3) is 1.66. The monoisotopic (exact) mass is 165 g/mol. The van der Waals surface area contributed by atoms with Gasteiger partial charge < -0.3 is 4.98 Å². The molecule has 0 saturated carbocycles. The highest BCUT2D eigenvalue weighted by molar-refractivity contribution is 7.00. The highest BCUT2D eigenvalue weighted by Crippen LogP contribution is 2.09. The molecule has 0 aliphatic rings. The van der Waals surface area contributed by atoms with Crippen LogP contribution in [0.25, 0.3) is 10.9 Å². The number of aromatic amines is 1. The Labute approximate surface area is 66.9 Å². The Bertz CT molecular complexity index is 301. The smallest absolute Gasteiger partial charge is 0.138 e. The molecule has 1 heterocycles. The first-order chi connectivity index (χ1) is 5.47. The molecule has 0 aliphatic carbocycles. The van der Waals surface area contributed by atoms with Gasteiger partial charge in [-0.15, -0.1) is 0 Å². The van der Waals surface area contributed by atoms with E-state index in [9.17, 15) is 0 Å². The molecule has 0 amide bonds. The van der Waals surface area contributed by atoms with Gasteiger partial charge in [-0.3, -0.25) is 4.57 Å². The van der Waals surface area contributed by atoms with E-state index < -0.39 is 0 Å². The molecule has 0 unspecified atom stereocenters. The van der Waals surface area contributed by atoms with Crippen molar-refractivity contribution in [3.05, 3.63) is 36.5 Å². The van der Waals surface area contributed by atoms with Crippen molar-refractivity contribution in [2.24, 2.45) is 0 Å². The first kappa shape index (κ1) is 7.96. The summed E-state index contributed by atoms with van der Waals surface area (Å²) in [5.41, 5.74) is 1.21. The van der Waals surface area contributed by atoms with Gasteiger partial charge in [0.1, 0.15) is 9.12 Å². The summed E-state index contributed by atoms with van der Waals surface area (Å²) in [7, 11) is 1.72. The lowest BCUT2D eigenvalue weighted by atomic mass is 10.3. The number of H-pyrrole nitrogens is 1. The SMILES string of the molecule is O=P.c1ccc2[nH]ccc2c1. The second kappa shape index (κ2) is 3.89. The van der Waals surface area contributed by atoms with Gasteiger partial charge in [-0.05, 0) is 17.5 Å². The average Bonchev–Trinajstić information content (AvgIpc) is 2.55. The number of nitrogens with one attached hydrogen (secondary N) is 1. The minimum atomic E-state index is 1.21. The fraction of sp³-hybridized carbons (Fsp3) is 0. The maximum Gasteiger partial charge on any atom is 0.138 e. The van der Waals surface area contributed by atoms with E-state index in [0.717, 1.165) is 0 Å². The molecular formula is C8H8NOP. The van der Waals surface area contributed by atoms with Crippen LogP contribution in [0, 0.1) is 0 Å². The maximum atomic E-state index is 8.06. The Balaban J connectivity index is 0.000000281. The lowest BCUT2D eigenvalue weighted by Crippen LogP contribution is -1.61. The topological polar surface area (TPSA) is 32.9 Å². The van der Waals surface area contributed by atoms with Gasteiger partial charge in [0.25, 0.3) is 0 Å². The van der Waals surface area contributed by atoms with E-state index in [4.69, 9.17) is 4.57 Å². The van der Waals surface area contributed by atoms with Crippen molar-refractivity contribution >= 4 is 20.0 Å². The lowest BCUT2D eigenvalue weighted by molar-refractivity contribution is 0.607. The molecule has 2 rings (SSSR count). The average molecular weight is 165 g/mol. The van der Waals surface area contributed by atoms with Gasteiger partial charge in [0, 0.05) is 11.7 Å². The molecule has 1 aromatic carbocycles. The van der Waals surface area contributed by atoms with E-state index in [1.54, 1.807) is 9.12 Å². The Morgan fingerprint density at radius 1 is 1.09 bits per heavy atom. The van der Waals surface area contributed by atoms with Crippen LogP contribution in [-0.2, 0) is 4.57 Å². The van der Waals surface area contributed by atoms with Crippen LogP contribution in [0.2, 0.25) is 0 Å². The molecule has 0 bridgehead atoms. The van der Waals surface area contributed by atoms with E-state index in [2.05, 4.69) is 23.2 Å². The van der Waals surface area contributed by atoms with Crippen LogP contribution >= 0.6 is 9.12 Å². The van der Waals surface area contributed by atoms with Crippen molar-refractivity contribution in [3.8, 4) is 0 Å². The van der Waals surface area contributed by atoms with Crippen molar-refractivity contribution in [2.45, 2.75) is 0 Å². The summed E-state index contributed by atoms with van der Waals surface area (Å²) < 4.78 is 8.06. The zero-order valence-electron chi connectivity index (χ0n) is 5.87. The molecule has 0 spiro atoms. The van der Waals surface area contributed by atoms with E-state index in [-0.39, 0.29) is 0 Å². The zero-order valence-corrected chi connectivity index (χ0v) is 6.87. The summed E-state index contributed by atoms with van der Waals surface area (Å²) in [4.78, 5) is 3.12. The van der Waals surface area contributed by atoms with Gasteiger partial charge in [0.05, 0.1) is 0 Å². The minimum absolute atomic E-state index is 1.21. The molecule has 1 aromatic heterocycles. The fourth-order valence-electron chi connectivity index (χ4n) is 0.995. The van der Waals surface area contributed by atoms with E-state index in [1.165, 1.54) is 10.9 Å². The van der Waals surface area contributed by atoms with Gasteiger partial charge in [0.2, 0.25) is 0 Å². The zero-order chi connectivity index (χ0) is 8.10. The molecule has 11 heavy (non-hydrogen) atoms. The van der Waals surface area contributed by atoms with Gasteiger partial charge >= 0.3 is 0 Å².